The first-order valence-corrected chi connectivity index (χ1v) is 25.6. The van der Waals surface area contributed by atoms with Crippen LogP contribution in [0.1, 0.15) is 219 Å². The van der Waals surface area contributed by atoms with Gasteiger partial charge in [0.1, 0.15) is 19.3 Å². The molecule has 0 heterocycles. The molecule has 0 aromatic carbocycles. The molecule has 9 heteroatoms. The van der Waals surface area contributed by atoms with Crippen molar-refractivity contribution in [1.82, 2.24) is 0 Å². The van der Waals surface area contributed by atoms with Gasteiger partial charge >= 0.3 is 13.8 Å². The minimum absolute atomic E-state index is 0.0899. The highest BCUT2D eigenvalue weighted by molar-refractivity contribution is 7.47. The Kier molecular flexibility index (Phi) is 41.0. The second-order valence-electron chi connectivity index (χ2n) is 17.5. The van der Waals surface area contributed by atoms with Gasteiger partial charge in [0, 0.05) is 13.0 Å². The number of esters is 1. The SMILES string of the molecule is CCCCC/C=C\C/C=C\CCCCCCCCCCCC(=O)O[C@H](COCCCCCCCCCCCCCCCCCC)COP(=O)(O)OCC[N+](C)(C)C. The van der Waals surface area contributed by atoms with Gasteiger partial charge in [-0.05, 0) is 44.9 Å². The number of carbonyl (C=O) groups is 1. The van der Waals surface area contributed by atoms with Gasteiger partial charge in [-0.3, -0.25) is 13.8 Å². The van der Waals surface area contributed by atoms with Gasteiger partial charge in [0.25, 0.3) is 0 Å². The number of rotatable bonds is 45. The van der Waals surface area contributed by atoms with E-state index in [2.05, 4.69) is 38.2 Å². The molecule has 0 bridgehead atoms. The Labute approximate surface area is 353 Å². The molecular weight excluding hydrogens is 734 g/mol. The molecule has 0 fully saturated rings. The fraction of sp³-hybridized carbons (Fsp3) is 0.896. The first-order chi connectivity index (χ1) is 27.6. The average Bonchev–Trinajstić information content (AvgIpc) is 3.16. The van der Waals surface area contributed by atoms with Crippen LogP contribution in [-0.2, 0) is 27.9 Å². The van der Waals surface area contributed by atoms with Crippen molar-refractivity contribution in [2.24, 2.45) is 0 Å². The van der Waals surface area contributed by atoms with Crippen molar-refractivity contribution in [3.63, 3.8) is 0 Å². The molecule has 2 atom stereocenters. The van der Waals surface area contributed by atoms with E-state index < -0.39 is 13.9 Å². The molecule has 0 rings (SSSR count). The Hall–Kier alpha value is -1.02. The van der Waals surface area contributed by atoms with Crippen molar-refractivity contribution in [3.8, 4) is 0 Å². The summed E-state index contributed by atoms with van der Waals surface area (Å²) >= 11 is 0. The Morgan fingerprint density at radius 2 is 0.965 bits per heavy atom. The second kappa shape index (κ2) is 41.7. The van der Waals surface area contributed by atoms with Crippen LogP contribution in [0, 0.1) is 0 Å². The Balaban J connectivity index is 4.16. The lowest BCUT2D eigenvalue weighted by molar-refractivity contribution is -0.870. The van der Waals surface area contributed by atoms with Crippen LogP contribution in [0.25, 0.3) is 0 Å². The minimum atomic E-state index is -4.27. The molecule has 0 aromatic heterocycles. The van der Waals surface area contributed by atoms with Crippen LogP contribution in [0.3, 0.4) is 0 Å². The van der Waals surface area contributed by atoms with Gasteiger partial charge in [-0.1, -0.05) is 192 Å². The van der Waals surface area contributed by atoms with Crippen molar-refractivity contribution in [2.45, 2.75) is 225 Å². The molecule has 0 spiro atoms. The molecule has 0 saturated heterocycles. The van der Waals surface area contributed by atoms with Crippen LogP contribution < -0.4 is 0 Å². The highest BCUT2D eigenvalue weighted by Crippen LogP contribution is 2.43. The van der Waals surface area contributed by atoms with Gasteiger partial charge in [0.2, 0.25) is 0 Å². The van der Waals surface area contributed by atoms with E-state index in [1.165, 1.54) is 161 Å². The van der Waals surface area contributed by atoms with Crippen molar-refractivity contribution < 1.29 is 37.3 Å². The summed E-state index contributed by atoms with van der Waals surface area (Å²) in [5.74, 6) is -0.314. The number of carbonyl (C=O) groups excluding carboxylic acids is 1. The Bertz CT molecular complexity index is 967. The van der Waals surface area contributed by atoms with Crippen LogP contribution in [0.4, 0.5) is 0 Å². The molecule has 0 aromatic rings. The molecule has 57 heavy (non-hydrogen) atoms. The van der Waals surface area contributed by atoms with E-state index in [0.29, 0.717) is 24.1 Å². The predicted molar refractivity (Wildman–Crippen MR) is 243 cm³/mol. The van der Waals surface area contributed by atoms with Gasteiger partial charge in [-0.2, -0.15) is 0 Å². The number of hydrogen-bond donors (Lipinski definition) is 1. The van der Waals surface area contributed by atoms with Crippen LogP contribution in [-0.4, -0.2) is 75.6 Å². The van der Waals surface area contributed by atoms with E-state index in [1.54, 1.807) is 0 Å². The largest absolute Gasteiger partial charge is 0.472 e. The first kappa shape index (κ1) is 56.0. The van der Waals surface area contributed by atoms with E-state index >= 15 is 0 Å². The zero-order valence-corrected chi connectivity index (χ0v) is 39.2. The zero-order chi connectivity index (χ0) is 42.0. The molecule has 0 saturated carbocycles. The molecule has 338 valence electrons. The summed E-state index contributed by atoms with van der Waals surface area (Å²) in [7, 11) is 1.67. The lowest BCUT2D eigenvalue weighted by Crippen LogP contribution is -2.37. The quantitative estimate of drug-likeness (QED) is 0.0215. The molecule has 0 aliphatic rings. The monoisotopic (exact) mass is 829 g/mol. The summed E-state index contributed by atoms with van der Waals surface area (Å²) in [6.07, 6.45) is 47.8. The van der Waals surface area contributed by atoms with Gasteiger partial charge in [-0.15, -0.1) is 0 Å². The van der Waals surface area contributed by atoms with E-state index in [1.807, 2.05) is 21.1 Å². The van der Waals surface area contributed by atoms with Crippen molar-refractivity contribution in [1.29, 1.82) is 0 Å². The van der Waals surface area contributed by atoms with Crippen LogP contribution >= 0.6 is 7.82 Å². The lowest BCUT2D eigenvalue weighted by Gasteiger charge is -2.24. The van der Waals surface area contributed by atoms with Crippen LogP contribution in [0.5, 0.6) is 0 Å². The van der Waals surface area contributed by atoms with E-state index in [9.17, 15) is 14.3 Å². The number of allylic oxidation sites excluding steroid dienone is 4. The Morgan fingerprint density at radius 1 is 0.544 bits per heavy atom. The maximum Gasteiger partial charge on any atom is 0.472 e. The molecule has 8 nitrogen and oxygen atoms in total. The first-order valence-electron chi connectivity index (χ1n) is 24.1. The van der Waals surface area contributed by atoms with Crippen molar-refractivity contribution >= 4 is 13.8 Å². The smallest absolute Gasteiger partial charge is 0.457 e. The molecular formula is C48H95NO7P+. The predicted octanol–water partition coefficient (Wildman–Crippen LogP) is 14.4. The number of unbranched alkanes of at least 4 members (excludes halogenated alkanes) is 27. The van der Waals surface area contributed by atoms with Crippen molar-refractivity contribution in [2.75, 3.05) is 54.1 Å². The maximum absolute atomic E-state index is 12.7. The van der Waals surface area contributed by atoms with Gasteiger partial charge in [-0.25, -0.2) is 4.57 Å². The highest BCUT2D eigenvalue weighted by atomic mass is 31.2. The number of phosphoric acid groups is 1. The topological polar surface area (TPSA) is 91.3 Å². The number of likely N-dealkylation sites (N-methyl/N-ethyl adjacent to an activating group) is 1. The number of quaternary nitrogens is 1. The van der Waals surface area contributed by atoms with Gasteiger partial charge in [0.15, 0.2) is 0 Å². The fourth-order valence-electron chi connectivity index (χ4n) is 6.76. The van der Waals surface area contributed by atoms with Crippen LogP contribution in [0.15, 0.2) is 24.3 Å². The molecule has 0 amide bonds. The summed E-state index contributed by atoms with van der Waals surface area (Å²) < 4.78 is 35.1. The molecule has 0 aliphatic heterocycles. The number of nitrogens with zero attached hydrogens (tertiary/aromatic N) is 1. The molecule has 0 aliphatic carbocycles. The summed E-state index contributed by atoms with van der Waals surface area (Å²) in [6.45, 7) is 5.64. The van der Waals surface area contributed by atoms with Gasteiger partial charge < -0.3 is 18.9 Å². The number of phosphoric ester groups is 1. The lowest BCUT2D eigenvalue weighted by atomic mass is 10.0. The van der Waals surface area contributed by atoms with E-state index in [-0.39, 0.29) is 25.8 Å². The van der Waals surface area contributed by atoms with E-state index in [0.717, 1.165) is 38.5 Å². The summed E-state index contributed by atoms with van der Waals surface area (Å²) in [5, 5.41) is 0. The molecule has 1 N–H and O–H groups in total. The van der Waals surface area contributed by atoms with Crippen LogP contribution in [0.2, 0.25) is 0 Å². The standard InChI is InChI=1S/C48H94NO7P/c1-6-8-10-12-14-16-18-20-22-24-25-26-27-29-31-33-35-37-39-41-48(50)56-47(46-55-57(51,52)54-44-42-49(3,4)5)45-53-43-40-38-36-34-32-30-28-23-21-19-17-15-13-11-9-7-2/h14,16,20,22,47H,6-13,15,17-19,21,23-46H2,1-5H3/p+1/b16-14-,22-20-/t47-/m1/s1. The minimum Gasteiger partial charge on any atom is -0.457 e. The fourth-order valence-corrected chi connectivity index (χ4v) is 7.50. The summed E-state index contributed by atoms with van der Waals surface area (Å²) in [5.41, 5.74) is 0. The summed E-state index contributed by atoms with van der Waals surface area (Å²) in [4.78, 5) is 22.9. The Morgan fingerprint density at radius 3 is 1.46 bits per heavy atom. The average molecular weight is 829 g/mol. The third kappa shape index (κ3) is 45.9. The number of hydrogen-bond acceptors (Lipinski definition) is 6. The maximum atomic E-state index is 12.7. The van der Waals surface area contributed by atoms with E-state index in [4.69, 9.17) is 18.5 Å². The van der Waals surface area contributed by atoms with Gasteiger partial charge in [0.05, 0.1) is 34.4 Å². The zero-order valence-electron chi connectivity index (χ0n) is 38.3. The normalized spacial score (nSPS) is 13.9. The molecule has 0 radical (unpaired) electrons. The molecule has 1 unspecified atom stereocenters. The van der Waals surface area contributed by atoms with Crippen molar-refractivity contribution in [3.05, 3.63) is 24.3 Å². The highest BCUT2D eigenvalue weighted by Gasteiger charge is 2.26. The third-order valence-electron chi connectivity index (χ3n) is 10.5. The number of ether oxygens (including phenoxy) is 2. The third-order valence-corrected chi connectivity index (χ3v) is 11.5. The summed E-state index contributed by atoms with van der Waals surface area (Å²) in [6, 6.07) is 0. The second-order valence-corrected chi connectivity index (χ2v) is 19.0.